The van der Waals surface area contributed by atoms with Crippen molar-refractivity contribution in [1.82, 2.24) is 5.32 Å². The van der Waals surface area contributed by atoms with Crippen LogP contribution < -0.4 is 10.1 Å². The lowest BCUT2D eigenvalue weighted by Crippen LogP contribution is -2.52. The Labute approximate surface area is 147 Å². The Hall–Kier alpha value is -2.42. The molecule has 0 aromatic heterocycles. The van der Waals surface area contributed by atoms with Crippen LogP contribution in [0, 0.1) is 12.4 Å². The van der Waals surface area contributed by atoms with E-state index < -0.39 is 11.7 Å². The van der Waals surface area contributed by atoms with Gasteiger partial charge < -0.3 is 15.2 Å². The van der Waals surface area contributed by atoms with Gasteiger partial charge in [-0.1, -0.05) is 24.3 Å². The summed E-state index contributed by atoms with van der Waals surface area (Å²) < 4.78 is 19.7. The maximum absolute atomic E-state index is 13.8. The van der Waals surface area contributed by atoms with E-state index in [4.69, 9.17) is 11.3 Å². The van der Waals surface area contributed by atoms with Gasteiger partial charge in [-0.25, -0.2) is 9.24 Å². The van der Waals surface area contributed by atoms with Crippen molar-refractivity contribution in [3.05, 3.63) is 70.8 Å². The zero-order valence-corrected chi connectivity index (χ0v) is 14.3. The van der Waals surface area contributed by atoms with Crippen molar-refractivity contribution < 1.29 is 14.2 Å². The predicted octanol–water partition coefficient (Wildman–Crippen LogP) is 3.78. The molecule has 0 radical (unpaired) electrons. The molecule has 4 nitrogen and oxygen atoms in total. The second-order valence-electron chi connectivity index (χ2n) is 6.76. The monoisotopic (exact) mass is 340 g/mol. The van der Waals surface area contributed by atoms with E-state index in [2.05, 4.69) is 10.2 Å². The summed E-state index contributed by atoms with van der Waals surface area (Å²) in [6.07, 6.45) is -0.281. The molecule has 0 saturated heterocycles. The number of halogens is 1. The number of ether oxygens (including phenoxy) is 1. The number of nitrogens with zero attached hydrogens (tertiary/aromatic N) is 1. The molecular formula is C20H21FN2O2. The summed E-state index contributed by atoms with van der Waals surface area (Å²) in [6, 6.07) is 11.5. The Balaban J connectivity index is 1.82. The number of aliphatic hydroxyl groups excluding tert-OH is 1. The van der Waals surface area contributed by atoms with Crippen molar-refractivity contribution in [2.45, 2.75) is 38.0 Å². The highest BCUT2D eigenvalue weighted by atomic mass is 19.1. The van der Waals surface area contributed by atoms with Crippen molar-refractivity contribution in [3.8, 4) is 5.75 Å². The number of fused-ring (bicyclic) bond motifs is 1. The first-order valence-corrected chi connectivity index (χ1v) is 8.27. The van der Waals surface area contributed by atoms with Crippen LogP contribution in [-0.2, 0) is 6.42 Å². The van der Waals surface area contributed by atoms with Crippen molar-refractivity contribution in [2.75, 3.05) is 6.54 Å². The van der Waals surface area contributed by atoms with E-state index in [0.717, 1.165) is 5.56 Å². The standard InChI is InChI=1S/C20H21FN2O2/c1-20(2)19(24)18(15-12-14(22-3)8-9-17(15)25-20)23-11-10-13-6-4-5-7-16(13)21/h4-9,12,18-19,23-24H,10-11H2,1-2H3/t18-,19+/m0/s1. The number of benzene rings is 2. The fraction of sp³-hybridized carbons (Fsp3) is 0.350. The SMILES string of the molecule is [C-]#[N+]c1ccc2c(c1)[C@H](NCCc1ccccc1F)[C@@H](O)C(C)(C)O2. The van der Waals surface area contributed by atoms with Crippen LogP contribution in [0.15, 0.2) is 42.5 Å². The highest BCUT2D eigenvalue weighted by molar-refractivity contribution is 5.54. The summed E-state index contributed by atoms with van der Waals surface area (Å²) >= 11 is 0. The highest BCUT2D eigenvalue weighted by Gasteiger charge is 2.42. The van der Waals surface area contributed by atoms with Gasteiger partial charge in [-0.2, -0.15) is 0 Å². The maximum Gasteiger partial charge on any atom is 0.187 e. The summed E-state index contributed by atoms with van der Waals surface area (Å²) in [6.45, 7) is 11.3. The predicted molar refractivity (Wildman–Crippen MR) is 94.3 cm³/mol. The molecule has 130 valence electrons. The van der Waals surface area contributed by atoms with Crippen molar-refractivity contribution in [3.63, 3.8) is 0 Å². The van der Waals surface area contributed by atoms with E-state index in [9.17, 15) is 9.50 Å². The zero-order valence-electron chi connectivity index (χ0n) is 14.3. The Bertz CT molecular complexity index is 814. The number of aliphatic hydroxyl groups is 1. The Morgan fingerprint density at radius 2 is 2.04 bits per heavy atom. The van der Waals surface area contributed by atoms with Gasteiger partial charge in [-0.3, -0.25) is 0 Å². The maximum atomic E-state index is 13.8. The van der Waals surface area contributed by atoms with Crippen molar-refractivity contribution >= 4 is 5.69 Å². The Morgan fingerprint density at radius 1 is 1.28 bits per heavy atom. The number of rotatable bonds is 4. The molecule has 1 heterocycles. The third-order valence-electron chi connectivity index (χ3n) is 4.57. The second-order valence-corrected chi connectivity index (χ2v) is 6.76. The average molecular weight is 340 g/mol. The molecular weight excluding hydrogens is 319 g/mol. The second kappa shape index (κ2) is 6.83. The minimum Gasteiger partial charge on any atom is -0.485 e. The fourth-order valence-electron chi connectivity index (χ4n) is 3.14. The van der Waals surface area contributed by atoms with E-state index in [1.165, 1.54) is 6.07 Å². The van der Waals surface area contributed by atoms with Crippen LogP contribution in [0.25, 0.3) is 4.85 Å². The summed E-state index contributed by atoms with van der Waals surface area (Å²) in [5, 5.41) is 14.0. The van der Waals surface area contributed by atoms with E-state index in [1.807, 2.05) is 19.9 Å². The van der Waals surface area contributed by atoms with Crippen LogP contribution >= 0.6 is 0 Å². The molecule has 1 aliphatic heterocycles. The molecule has 0 saturated carbocycles. The van der Waals surface area contributed by atoms with Gasteiger partial charge in [0, 0.05) is 5.56 Å². The van der Waals surface area contributed by atoms with Crippen molar-refractivity contribution in [1.29, 1.82) is 0 Å². The van der Waals surface area contributed by atoms with E-state index in [0.29, 0.717) is 30.0 Å². The molecule has 5 heteroatoms. The summed E-state index contributed by atoms with van der Waals surface area (Å²) in [5.74, 6) is 0.430. The van der Waals surface area contributed by atoms with E-state index in [-0.39, 0.29) is 11.9 Å². The highest BCUT2D eigenvalue weighted by Crippen LogP contribution is 2.41. The molecule has 0 spiro atoms. The lowest BCUT2D eigenvalue weighted by atomic mass is 9.86. The molecule has 0 bridgehead atoms. The molecule has 0 amide bonds. The van der Waals surface area contributed by atoms with Gasteiger partial charge >= 0.3 is 0 Å². The van der Waals surface area contributed by atoms with Gasteiger partial charge in [0.2, 0.25) is 0 Å². The fourth-order valence-corrected chi connectivity index (χ4v) is 3.14. The molecule has 2 aromatic rings. The van der Waals surface area contributed by atoms with E-state index in [1.54, 1.807) is 30.3 Å². The largest absolute Gasteiger partial charge is 0.485 e. The van der Waals surface area contributed by atoms with Gasteiger partial charge in [0.25, 0.3) is 0 Å². The molecule has 0 unspecified atom stereocenters. The molecule has 2 N–H and O–H groups in total. The molecule has 0 aliphatic carbocycles. The summed E-state index contributed by atoms with van der Waals surface area (Å²) in [7, 11) is 0. The number of hydrogen-bond donors (Lipinski definition) is 2. The van der Waals surface area contributed by atoms with Gasteiger partial charge in [-0.05, 0) is 50.6 Å². The molecule has 25 heavy (non-hydrogen) atoms. The summed E-state index contributed by atoms with van der Waals surface area (Å²) in [4.78, 5) is 3.45. The third-order valence-corrected chi connectivity index (χ3v) is 4.57. The van der Waals surface area contributed by atoms with Gasteiger partial charge in [0.1, 0.15) is 23.3 Å². The Kier molecular flexibility index (Phi) is 4.76. The van der Waals surface area contributed by atoms with Crippen LogP contribution in [0.1, 0.15) is 31.0 Å². The topological polar surface area (TPSA) is 45.9 Å². The van der Waals surface area contributed by atoms with Crippen LogP contribution in [0.4, 0.5) is 10.1 Å². The average Bonchev–Trinajstić information content (AvgIpc) is 2.59. The molecule has 2 atom stereocenters. The lowest BCUT2D eigenvalue weighted by molar-refractivity contribution is -0.0643. The first kappa shape index (κ1) is 17.4. The number of nitrogens with one attached hydrogen (secondary N) is 1. The minimum atomic E-state index is -0.790. The lowest BCUT2D eigenvalue weighted by Gasteiger charge is -2.42. The van der Waals surface area contributed by atoms with Crippen LogP contribution in [0.2, 0.25) is 0 Å². The summed E-state index contributed by atoms with van der Waals surface area (Å²) in [5.41, 5.74) is 1.12. The molecule has 0 fully saturated rings. The Morgan fingerprint density at radius 3 is 2.76 bits per heavy atom. The molecule has 3 rings (SSSR count). The van der Waals surface area contributed by atoms with Crippen molar-refractivity contribution in [2.24, 2.45) is 0 Å². The zero-order chi connectivity index (χ0) is 18.0. The van der Waals surface area contributed by atoms with Gasteiger partial charge in [0.05, 0.1) is 12.6 Å². The third kappa shape index (κ3) is 3.51. The normalized spacial score (nSPS) is 21.1. The van der Waals surface area contributed by atoms with Gasteiger partial charge in [0.15, 0.2) is 5.69 Å². The number of hydrogen-bond acceptors (Lipinski definition) is 3. The first-order valence-electron chi connectivity index (χ1n) is 8.27. The quantitative estimate of drug-likeness (QED) is 0.833. The van der Waals surface area contributed by atoms with Crippen LogP contribution in [-0.4, -0.2) is 23.4 Å². The first-order chi connectivity index (χ1) is 11.9. The van der Waals surface area contributed by atoms with E-state index >= 15 is 0 Å². The minimum absolute atomic E-state index is 0.229. The van der Waals surface area contributed by atoms with Crippen LogP contribution in [0.5, 0.6) is 5.75 Å². The molecule has 2 aromatic carbocycles. The molecule has 1 aliphatic rings. The smallest absolute Gasteiger partial charge is 0.187 e. The van der Waals surface area contributed by atoms with Gasteiger partial charge in [-0.15, -0.1) is 0 Å². The van der Waals surface area contributed by atoms with Crippen LogP contribution in [0.3, 0.4) is 0 Å².